The predicted molar refractivity (Wildman–Crippen MR) is 140 cm³/mol. The minimum Gasteiger partial charge on any atom is -0.462 e. The molecule has 324 valence electrons. The third-order valence-electron chi connectivity index (χ3n) is 8.89. The van der Waals surface area contributed by atoms with E-state index in [9.17, 15) is 107 Å². The molecule has 0 aromatic heterocycles. The van der Waals surface area contributed by atoms with Crippen molar-refractivity contribution in [3.05, 3.63) is 0 Å². The Morgan fingerprint density at radius 3 is 1.24 bits per heavy atom. The molecule has 3 unspecified atom stereocenters. The highest BCUT2D eigenvalue weighted by Crippen LogP contribution is 2.58. The minimum atomic E-state index is -6.83. The van der Waals surface area contributed by atoms with E-state index >= 15 is 0 Å². The first-order valence-electron chi connectivity index (χ1n) is 15.2. The van der Waals surface area contributed by atoms with Crippen molar-refractivity contribution in [3.63, 3.8) is 0 Å². The normalized spacial score (nSPS) is 21.3. The van der Waals surface area contributed by atoms with Crippen LogP contribution in [-0.4, -0.2) is 94.8 Å². The third-order valence-corrected chi connectivity index (χ3v) is 8.89. The van der Waals surface area contributed by atoms with Gasteiger partial charge in [0.2, 0.25) is 0 Å². The van der Waals surface area contributed by atoms with Crippen LogP contribution in [0, 0.1) is 17.3 Å². The number of aliphatic hydroxyl groups is 2. The molecule has 0 saturated heterocycles. The zero-order chi connectivity index (χ0) is 43.8. The maximum Gasteiger partial charge on any atom is 0.460 e. The average Bonchev–Trinajstić information content (AvgIpc) is 2.96. The smallest absolute Gasteiger partial charge is 0.460 e. The second-order valence-electron chi connectivity index (χ2n) is 13.1. The molecule has 0 heterocycles. The standard InChI is InChI=1S/C18H22F12O4.C10H13F9O/c1-4-12(2,3)11(31)34-10-6-8(13(32,15(19,20)21)16(22,23)24)5-9(7-10)14(33,17(25,26)27)18(28,29)30;1-3-6(2)20-5-4-7(11,12)8(13,14)9(15,16)10(17,18)19/h8-10,32-33H,4-7H2,1-3H3;6H,3-5H2,1-2H3. The highest BCUT2D eigenvalue weighted by Gasteiger charge is 2.82. The monoisotopic (exact) mass is 850 g/mol. The summed E-state index contributed by atoms with van der Waals surface area (Å²) in [6.45, 7) is 5.74. The minimum absolute atomic E-state index is 0.0184. The fourth-order valence-corrected chi connectivity index (χ4v) is 4.82. The maximum atomic E-state index is 13.3. The van der Waals surface area contributed by atoms with E-state index in [0.29, 0.717) is 6.42 Å². The van der Waals surface area contributed by atoms with Crippen molar-refractivity contribution in [1.29, 1.82) is 0 Å². The summed E-state index contributed by atoms with van der Waals surface area (Å²) < 4.78 is 281. The lowest BCUT2D eigenvalue weighted by molar-refractivity contribution is -0.405. The number of carbonyl (C=O) groups excluding carboxylic acids is 1. The van der Waals surface area contributed by atoms with E-state index in [4.69, 9.17) is 4.74 Å². The van der Waals surface area contributed by atoms with Crippen LogP contribution in [0.25, 0.3) is 0 Å². The summed E-state index contributed by atoms with van der Waals surface area (Å²) in [6.07, 6.45) is -43.0. The molecule has 3 atom stereocenters. The molecule has 0 spiro atoms. The molecule has 1 rings (SSSR count). The number of halogens is 21. The van der Waals surface area contributed by atoms with E-state index in [1.165, 1.54) is 27.7 Å². The van der Waals surface area contributed by atoms with Crippen LogP contribution in [-0.2, 0) is 14.3 Å². The summed E-state index contributed by atoms with van der Waals surface area (Å²) in [5.74, 6) is -27.0. The van der Waals surface area contributed by atoms with Gasteiger partial charge in [-0.1, -0.05) is 13.8 Å². The number of alkyl halides is 21. The van der Waals surface area contributed by atoms with E-state index < -0.39 is 128 Å². The molecule has 0 radical (unpaired) electrons. The van der Waals surface area contributed by atoms with Gasteiger partial charge in [-0.15, -0.1) is 0 Å². The third kappa shape index (κ3) is 10.4. The molecule has 26 heteroatoms. The lowest BCUT2D eigenvalue weighted by atomic mass is 9.65. The van der Waals surface area contributed by atoms with Crippen LogP contribution in [0.3, 0.4) is 0 Å². The van der Waals surface area contributed by atoms with Crippen LogP contribution >= 0.6 is 0 Å². The van der Waals surface area contributed by atoms with Crippen LogP contribution in [0.1, 0.15) is 73.1 Å². The highest BCUT2D eigenvalue weighted by molar-refractivity contribution is 5.76. The molecule has 54 heavy (non-hydrogen) atoms. The predicted octanol–water partition coefficient (Wildman–Crippen LogP) is 10.1. The van der Waals surface area contributed by atoms with Crippen molar-refractivity contribution in [2.45, 2.75) is 145 Å². The van der Waals surface area contributed by atoms with E-state index in [1.54, 1.807) is 6.92 Å². The zero-order valence-electron chi connectivity index (χ0n) is 28.3. The van der Waals surface area contributed by atoms with Crippen LogP contribution in [0.2, 0.25) is 0 Å². The molecule has 1 saturated carbocycles. The van der Waals surface area contributed by atoms with Crippen LogP contribution in [0.5, 0.6) is 0 Å². The molecule has 1 aliphatic carbocycles. The summed E-state index contributed by atoms with van der Waals surface area (Å²) in [5.41, 5.74) is -12.9. The molecule has 0 aliphatic heterocycles. The van der Waals surface area contributed by atoms with Gasteiger partial charge in [0.15, 0.2) is 0 Å². The van der Waals surface area contributed by atoms with E-state index in [0.717, 1.165) is 0 Å². The molecule has 0 amide bonds. The lowest BCUT2D eigenvalue weighted by Gasteiger charge is -2.48. The summed E-state index contributed by atoms with van der Waals surface area (Å²) in [5, 5.41) is 19.2. The van der Waals surface area contributed by atoms with Crippen molar-refractivity contribution in [2.75, 3.05) is 6.61 Å². The Hall–Kier alpha value is -2.12. The number of rotatable bonds is 12. The molecule has 0 aromatic carbocycles. The number of carbonyl (C=O) groups is 1. The first-order chi connectivity index (χ1) is 23.5. The van der Waals surface area contributed by atoms with Crippen molar-refractivity contribution >= 4 is 5.97 Å². The van der Waals surface area contributed by atoms with Gasteiger partial charge in [-0.2, -0.15) is 92.2 Å². The first kappa shape index (κ1) is 51.9. The average molecular weight is 851 g/mol. The summed E-state index contributed by atoms with van der Waals surface area (Å²) in [7, 11) is 0. The van der Waals surface area contributed by atoms with Gasteiger partial charge in [0.05, 0.1) is 18.1 Å². The van der Waals surface area contributed by atoms with Gasteiger partial charge in [-0.3, -0.25) is 4.79 Å². The Labute approximate surface area is 292 Å². The molecule has 0 bridgehead atoms. The Bertz CT molecular complexity index is 1140. The second kappa shape index (κ2) is 16.4. The molecule has 1 fully saturated rings. The van der Waals surface area contributed by atoms with Gasteiger partial charge in [0.25, 0.3) is 11.2 Å². The molecular formula is C28H35F21O5. The van der Waals surface area contributed by atoms with Crippen molar-refractivity contribution < 1.29 is 117 Å². The van der Waals surface area contributed by atoms with Crippen molar-refractivity contribution in [1.82, 2.24) is 0 Å². The van der Waals surface area contributed by atoms with Gasteiger partial charge in [0.1, 0.15) is 6.10 Å². The van der Waals surface area contributed by atoms with Crippen LogP contribution in [0.15, 0.2) is 0 Å². The quantitative estimate of drug-likeness (QED) is 0.151. The number of hydrogen-bond acceptors (Lipinski definition) is 5. The Balaban J connectivity index is 0.00000120. The first-order valence-corrected chi connectivity index (χ1v) is 15.2. The molecule has 5 nitrogen and oxygen atoms in total. The molecule has 1 aliphatic rings. The van der Waals surface area contributed by atoms with Gasteiger partial charge in [0, 0.05) is 18.3 Å². The number of ether oxygens (including phenoxy) is 2. The largest absolute Gasteiger partial charge is 0.462 e. The summed E-state index contributed by atoms with van der Waals surface area (Å²) in [6, 6.07) is 0. The molecule has 2 N–H and O–H groups in total. The maximum absolute atomic E-state index is 13.3. The van der Waals surface area contributed by atoms with Gasteiger partial charge in [-0.05, 0) is 52.9 Å². The highest BCUT2D eigenvalue weighted by atomic mass is 19.4. The van der Waals surface area contributed by atoms with Gasteiger partial charge in [-0.25, -0.2) is 0 Å². The SMILES string of the molecule is CCC(C)(C)C(=O)OC1CC(C(O)(C(F)(F)F)C(F)(F)F)CC(C(O)(C(F)(F)F)C(F)(F)F)C1.CCC(C)OCCC(F)(F)C(F)(F)C(F)(F)C(F)(F)F. The van der Waals surface area contributed by atoms with Gasteiger partial charge < -0.3 is 19.7 Å². The topological polar surface area (TPSA) is 76.0 Å². The fraction of sp³-hybridized carbons (Fsp3) is 0.964. The molecular weight excluding hydrogens is 815 g/mol. The van der Waals surface area contributed by atoms with Crippen molar-refractivity contribution in [2.24, 2.45) is 17.3 Å². The lowest BCUT2D eigenvalue weighted by Crippen LogP contribution is -2.67. The number of esters is 1. The van der Waals surface area contributed by atoms with E-state index in [2.05, 4.69) is 4.74 Å². The Kier molecular flexibility index (Phi) is 15.7. The van der Waals surface area contributed by atoms with E-state index in [1.807, 2.05) is 0 Å². The van der Waals surface area contributed by atoms with Crippen LogP contribution < -0.4 is 0 Å². The second-order valence-corrected chi connectivity index (χ2v) is 13.1. The Morgan fingerprint density at radius 1 is 0.611 bits per heavy atom. The number of hydrogen-bond donors (Lipinski definition) is 2. The van der Waals surface area contributed by atoms with Crippen LogP contribution in [0.4, 0.5) is 92.2 Å². The zero-order valence-corrected chi connectivity index (χ0v) is 28.3. The van der Waals surface area contributed by atoms with Crippen molar-refractivity contribution in [3.8, 4) is 0 Å². The van der Waals surface area contributed by atoms with E-state index in [-0.39, 0.29) is 6.42 Å². The molecule has 0 aromatic rings. The fourth-order valence-electron chi connectivity index (χ4n) is 4.82. The summed E-state index contributed by atoms with van der Waals surface area (Å²) in [4.78, 5) is 12.2. The van der Waals surface area contributed by atoms with Gasteiger partial charge >= 0.3 is 54.6 Å². The Morgan fingerprint density at radius 2 is 0.963 bits per heavy atom. The summed E-state index contributed by atoms with van der Waals surface area (Å²) >= 11 is 0.